The molecule has 1 aromatic rings. The van der Waals surface area contributed by atoms with E-state index in [1.165, 1.54) is 4.88 Å². The second-order valence-corrected chi connectivity index (χ2v) is 7.55. The molecule has 2 fully saturated rings. The Morgan fingerprint density at radius 2 is 1.58 bits per heavy atom. The summed E-state index contributed by atoms with van der Waals surface area (Å²) in [5.74, 6) is 0.352. The van der Waals surface area contributed by atoms with Crippen LogP contribution in [0.4, 0.5) is 0 Å². The van der Waals surface area contributed by atoms with Crippen molar-refractivity contribution in [1.82, 2.24) is 19.6 Å². The van der Waals surface area contributed by atoms with Crippen molar-refractivity contribution in [3.63, 3.8) is 0 Å². The van der Waals surface area contributed by atoms with Gasteiger partial charge in [0.1, 0.15) is 0 Å². The van der Waals surface area contributed by atoms with Gasteiger partial charge >= 0.3 is 0 Å². The van der Waals surface area contributed by atoms with Gasteiger partial charge in [-0.1, -0.05) is 6.07 Å². The van der Waals surface area contributed by atoms with Gasteiger partial charge in [0.25, 0.3) is 0 Å². The summed E-state index contributed by atoms with van der Waals surface area (Å²) in [7, 11) is 0. The lowest BCUT2D eigenvalue weighted by Gasteiger charge is -2.37. The van der Waals surface area contributed by atoms with Crippen molar-refractivity contribution >= 4 is 23.2 Å². The summed E-state index contributed by atoms with van der Waals surface area (Å²) in [5.41, 5.74) is 0. The van der Waals surface area contributed by atoms with Gasteiger partial charge in [-0.3, -0.25) is 19.4 Å². The molecule has 1 aromatic heterocycles. The lowest BCUT2D eigenvalue weighted by Crippen LogP contribution is -2.54. The van der Waals surface area contributed by atoms with E-state index in [9.17, 15) is 9.59 Å². The van der Waals surface area contributed by atoms with Crippen LogP contribution in [0.5, 0.6) is 0 Å². The minimum atomic E-state index is 0.128. The molecule has 0 N–H and O–H groups in total. The molecule has 24 heavy (non-hydrogen) atoms. The maximum Gasteiger partial charge on any atom is 0.236 e. The zero-order valence-electron chi connectivity index (χ0n) is 14.3. The molecule has 2 aliphatic heterocycles. The van der Waals surface area contributed by atoms with Crippen molar-refractivity contribution in [3.05, 3.63) is 22.4 Å². The molecule has 0 saturated carbocycles. The number of thiophene rings is 1. The molecule has 2 amide bonds. The topological polar surface area (TPSA) is 47.1 Å². The van der Waals surface area contributed by atoms with E-state index in [-0.39, 0.29) is 11.8 Å². The highest BCUT2D eigenvalue weighted by atomic mass is 32.1. The van der Waals surface area contributed by atoms with E-state index in [2.05, 4.69) is 27.3 Å². The molecule has 0 unspecified atom stereocenters. The normalized spacial score (nSPS) is 20.4. The second-order valence-electron chi connectivity index (χ2n) is 6.52. The van der Waals surface area contributed by atoms with Crippen molar-refractivity contribution < 1.29 is 9.59 Å². The first-order valence-electron chi connectivity index (χ1n) is 8.62. The minimum absolute atomic E-state index is 0.128. The lowest BCUT2D eigenvalue weighted by molar-refractivity contribution is -0.135. The predicted octanol–water partition coefficient (Wildman–Crippen LogP) is 0.556. The predicted molar refractivity (Wildman–Crippen MR) is 94.9 cm³/mol. The molecule has 0 bridgehead atoms. The van der Waals surface area contributed by atoms with Crippen LogP contribution in [0, 0.1) is 0 Å². The van der Waals surface area contributed by atoms with Crippen molar-refractivity contribution in [1.29, 1.82) is 0 Å². The third kappa shape index (κ3) is 4.55. The Hall–Kier alpha value is -1.44. The summed E-state index contributed by atoms with van der Waals surface area (Å²) in [6, 6.07) is 4.26. The van der Waals surface area contributed by atoms with E-state index in [1.54, 1.807) is 18.3 Å². The zero-order chi connectivity index (χ0) is 16.9. The molecular weight excluding hydrogens is 324 g/mol. The number of amides is 2. The fraction of sp³-hybridized carbons (Fsp3) is 0.647. The first kappa shape index (κ1) is 17.4. The van der Waals surface area contributed by atoms with Crippen molar-refractivity contribution in [2.24, 2.45) is 0 Å². The van der Waals surface area contributed by atoms with Gasteiger partial charge in [0.15, 0.2) is 0 Å². The third-order valence-electron chi connectivity index (χ3n) is 4.86. The van der Waals surface area contributed by atoms with Gasteiger partial charge in [-0.2, -0.15) is 0 Å². The average molecular weight is 350 g/mol. The molecule has 2 saturated heterocycles. The number of hydrogen-bond donors (Lipinski definition) is 0. The molecule has 132 valence electrons. The largest absolute Gasteiger partial charge is 0.340 e. The Morgan fingerprint density at radius 3 is 2.17 bits per heavy atom. The molecular formula is C17H26N4O2S. The lowest BCUT2D eigenvalue weighted by atomic mass is 10.2. The maximum absolute atomic E-state index is 12.5. The number of piperazine rings is 2. The van der Waals surface area contributed by atoms with Crippen LogP contribution in [0.15, 0.2) is 17.5 Å². The van der Waals surface area contributed by atoms with Crippen LogP contribution in [-0.4, -0.2) is 90.3 Å². The molecule has 2 aliphatic rings. The fourth-order valence-corrected chi connectivity index (χ4v) is 4.04. The molecule has 0 aromatic carbocycles. The van der Waals surface area contributed by atoms with Crippen LogP contribution in [0.1, 0.15) is 11.8 Å². The molecule has 0 atom stereocenters. The molecule has 0 radical (unpaired) electrons. The van der Waals surface area contributed by atoms with E-state index in [0.717, 1.165) is 58.9 Å². The van der Waals surface area contributed by atoms with Crippen LogP contribution >= 0.6 is 11.3 Å². The van der Waals surface area contributed by atoms with Crippen LogP contribution in [-0.2, 0) is 16.1 Å². The highest BCUT2D eigenvalue weighted by molar-refractivity contribution is 7.09. The Kier molecular flexibility index (Phi) is 5.86. The van der Waals surface area contributed by atoms with Crippen molar-refractivity contribution in [2.75, 3.05) is 58.9 Å². The number of rotatable bonds is 4. The van der Waals surface area contributed by atoms with Gasteiger partial charge in [0, 0.05) is 70.7 Å². The van der Waals surface area contributed by atoms with Crippen LogP contribution in [0.3, 0.4) is 0 Å². The SMILES string of the molecule is CC(=O)N1CCN(CC(=O)N2CCN(Cc3cccs3)CC2)CC1. The van der Waals surface area contributed by atoms with Crippen molar-refractivity contribution in [2.45, 2.75) is 13.5 Å². The van der Waals surface area contributed by atoms with Gasteiger partial charge < -0.3 is 9.80 Å². The van der Waals surface area contributed by atoms with E-state index in [1.807, 2.05) is 9.80 Å². The average Bonchev–Trinajstić information content (AvgIpc) is 3.09. The summed E-state index contributed by atoms with van der Waals surface area (Å²) in [4.78, 5) is 33.7. The van der Waals surface area contributed by atoms with Gasteiger partial charge in [-0.15, -0.1) is 11.3 Å². The van der Waals surface area contributed by atoms with Crippen LogP contribution in [0.25, 0.3) is 0 Å². The summed E-state index contributed by atoms with van der Waals surface area (Å²) in [6.07, 6.45) is 0. The highest BCUT2D eigenvalue weighted by Crippen LogP contribution is 2.14. The zero-order valence-corrected chi connectivity index (χ0v) is 15.1. The van der Waals surface area contributed by atoms with Gasteiger partial charge in [0.05, 0.1) is 6.54 Å². The third-order valence-corrected chi connectivity index (χ3v) is 5.72. The smallest absolute Gasteiger partial charge is 0.236 e. The van der Waals surface area contributed by atoms with E-state index >= 15 is 0 Å². The number of carbonyl (C=O) groups excluding carboxylic acids is 2. The Balaban J connectivity index is 1.38. The van der Waals surface area contributed by atoms with Crippen LogP contribution in [0.2, 0.25) is 0 Å². The molecule has 0 spiro atoms. The van der Waals surface area contributed by atoms with Crippen molar-refractivity contribution in [3.8, 4) is 0 Å². The van der Waals surface area contributed by atoms with E-state index in [0.29, 0.717) is 6.54 Å². The molecule has 3 heterocycles. The standard InChI is InChI=1S/C17H26N4O2S/c1-15(22)20-8-4-19(5-9-20)14-17(23)21-10-6-18(7-11-21)13-16-3-2-12-24-16/h2-3,12H,4-11,13-14H2,1H3. The van der Waals surface area contributed by atoms with Crippen LogP contribution < -0.4 is 0 Å². The first-order chi connectivity index (χ1) is 11.6. The summed E-state index contributed by atoms with van der Waals surface area (Å²) < 4.78 is 0. The second kappa shape index (κ2) is 8.09. The van der Waals surface area contributed by atoms with E-state index in [4.69, 9.17) is 0 Å². The van der Waals surface area contributed by atoms with Gasteiger partial charge in [-0.05, 0) is 11.4 Å². The summed E-state index contributed by atoms with van der Waals surface area (Å²) >= 11 is 1.79. The monoisotopic (exact) mass is 350 g/mol. The Bertz CT molecular complexity index is 547. The number of carbonyl (C=O) groups is 2. The number of hydrogen-bond acceptors (Lipinski definition) is 5. The number of nitrogens with zero attached hydrogens (tertiary/aromatic N) is 4. The molecule has 7 heteroatoms. The first-order valence-corrected chi connectivity index (χ1v) is 9.50. The van der Waals surface area contributed by atoms with Gasteiger partial charge in [0.2, 0.25) is 11.8 Å². The molecule has 0 aliphatic carbocycles. The van der Waals surface area contributed by atoms with E-state index < -0.39 is 0 Å². The quantitative estimate of drug-likeness (QED) is 0.796. The molecule has 3 rings (SSSR count). The Morgan fingerprint density at radius 1 is 0.958 bits per heavy atom. The minimum Gasteiger partial charge on any atom is -0.340 e. The Labute approximate surface area is 147 Å². The maximum atomic E-state index is 12.5. The summed E-state index contributed by atoms with van der Waals surface area (Å²) in [6.45, 7) is 9.67. The fourth-order valence-electron chi connectivity index (χ4n) is 3.29. The van der Waals surface area contributed by atoms with Gasteiger partial charge in [-0.25, -0.2) is 0 Å². The molecule has 6 nitrogen and oxygen atoms in total. The highest BCUT2D eigenvalue weighted by Gasteiger charge is 2.25. The summed E-state index contributed by atoms with van der Waals surface area (Å²) in [5, 5.41) is 2.11.